The molecule has 39 heteroatoms. The second-order valence-corrected chi connectivity index (χ2v) is 25.1. The first-order valence-electron chi connectivity index (χ1n) is 32.2. The molecule has 556 valence electrons. The number of carbonyl (C=O) groups is 13. The van der Waals surface area contributed by atoms with Crippen molar-refractivity contribution in [1.29, 1.82) is 0 Å². The van der Waals surface area contributed by atoms with Gasteiger partial charge in [0.15, 0.2) is 12.6 Å². The monoisotopic (exact) mass is 1410 g/mol. The Bertz CT molecular complexity index is 2820. The lowest BCUT2D eigenvalue weighted by Crippen LogP contribution is -2.68. The van der Waals surface area contributed by atoms with Gasteiger partial charge >= 0.3 is 5.97 Å². The summed E-state index contributed by atoms with van der Waals surface area (Å²) in [7, 11) is 0. The molecule has 0 radical (unpaired) electrons. The van der Waals surface area contributed by atoms with Crippen LogP contribution in [0.3, 0.4) is 0 Å². The third-order valence-electron chi connectivity index (χ3n) is 17.2. The Morgan fingerprint density at radius 2 is 0.949 bits per heavy atom. The number of nitrogens with two attached hydrogens (primary N) is 1. The first-order chi connectivity index (χ1) is 45.8. The third kappa shape index (κ3) is 22.3. The van der Waals surface area contributed by atoms with E-state index in [2.05, 4.69) is 47.9 Å². The van der Waals surface area contributed by atoms with E-state index in [1.807, 2.05) is 0 Å². The highest BCUT2D eigenvalue weighted by Gasteiger charge is 2.51. The Kier molecular flexibility index (Phi) is 31.9. The molecule has 98 heavy (non-hydrogen) atoms. The zero-order chi connectivity index (χ0) is 74.1. The van der Waals surface area contributed by atoms with Gasteiger partial charge in [-0.25, -0.2) is 0 Å². The predicted molar refractivity (Wildman–Crippen MR) is 331 cm³/mol. The van der Waals surface area contributed by atoms with E-state index in [4.69, 9.17) is 24.7 Å². The van der Waals surface area contributed by atoms with Crippen LogP contribution in [0.25, 0.3) is 0 Å². The summed E-state index contributed by atoms with van der Waals surface area (Å²) in [5.74, 6) is -14.3. The van der Waals surface area contributed by atoms with Gasteiger partial charge in [-0.05, 0) is 72.6 Å². The van der Waals surface area contributed by atoms with E-state index in [1.54, 1.807) is 13.8 Å². The molecule has 4 rings (SSSR count). The van der Waals surface area contributed by atoms with Crippen molar-refractivity contribution in [1.82, 2.24) is 57.7 Å². The van der Waals surface area contributed by atoms with Crippen LogP contribution in [0.4, 0.5) is 0 Å². The number of aliphatic hydroxyl groups excluding tert-OH is 9. The fourth-order valence-electron chi connectivity index (χ4n) is 11.6. The molecule has 21 N–H and O–H groups in total. The number of carboxylic acid groups (broad SMARTS) is 1. The SMILES string of the molecule is CC[C@H](C)[C@H](NC(=O)[C@@H]1CCCN1C(=O)[C@@H](NC(=O)[C@@H](NC(=O)[C@@H](NC(=O)[C@@H]1CCCN1C(=O)[C@H](CCC(=O)O)NC(C)=O)[C@@H](C)O)[C@@H](C)O[C@H]1O[C@H](CO[C@@H]2O[C@H](CO)[C@H](O)[C@H](O)[C@H]2NC(C)=O)[C@H](O)[C@H](O)[C@H]1NC(C)=O)[C@@H](C)O)C(=O)N[C@H](C(=O)N[C@H](C(N)=O)[C@@H](C)O)[C@@H](C)O. The molecular weight excluding hydrogens is 1310 g/mol. The Balaban J connectivity index is 1.74. The lowest BCUT2D eigenvalue weighted by Gasteiger charge is -2.45. The molecule has 12 amide bonds. The van der Waals surface area contributed by atoms with Crippen LogP contribution >= 0.6 is 0 Å². The van der Waals surface area contributed by atoms with Crippen molar-refractivity contribution in [3.8, 4) is 0 Å². The van der Waals surface area contributed by atoms with Gasteiger partial charge in [0.05, 0.1) is 43.7 Å². The summed E-state index contributed by atoms with van der Waals surface area (Å²) in [6, 6.07) is -18.6. The van der Waals surface area contributed by atoms with E-state index in [1.165, 1.54) is 0 Å². The average Bonchev–Trinajstić information content (AvgIpc) is 0.886. The molecule has 4 heterocycles. The van der Waals surface area contributed by atoms with Crippen LogP contribution in [-0.4, -0.2) is 310 Å². The number of hydrogen-bond donors (Lipinski definition) is 20. The van der Waals surface area contributed by atoms with Crippen LogP contribution < -0.4 is 53.6 Å². The second kappa shape index (κ2) is 37.7. The summed E-state index contributed by atoms with van der Waals surface area (Å²) < 4.78 is 23.7. The van der Waals surface area contributed by atoms with Gasteiger partial charge in [-0.2, -0.15) is 0 Å². The molecule has 0 unspecified atom stereocenters. The first kappa shape index (κ1) is 83.0. The van der Waals surface area contributed by atoms with Crippen molar-refractivity contribution in [2.75, 3.05) is 26.3 Å². The number of rotatable bonds is 34. The molecule has 25 atom stereocenters. The van der Waals surface area contributed by atoms with Gasteiger partial charge in [0.1, 0.15) is 103 Å². The maximum absolute atomic E-state index is 15.1. The Morgan fingerprint density at radius 1 is 0.531 bits per heavy atom. The zero-order valence-corrected chi connectivity index (χ0v) is 56.1. The van der Waals surface area contributed by atoms with E-state index >= 15 is 4.79 Å². The number of hydrogen-bond acceptors (Lipinski definition) is 26. The topological polar surface area (TPSA) is 602 Å². The molecule has 39 nitrogen and oxygen atoms in total. The summed E-state index contributed by atoms with van der Waals surface area (Å²) in [6.45, 7) is 9.94. The summed E-state index contributed by atoms with van der Waals surface area (Å²) in [5, 5.41) is 128. The van der Waals surface area contributed by atoms with Gasteiger partial charge in [0.2, 0.25) is 70.9 Å². The van der Waals surface area contributed by atoms with Crippen molar-refractivity contribution in [2.24, 2.45) is 11.7 Å². The number of aliphatic carboxylic acids is 1. The number of amides is 12. The number of carbonyl (C=O) groups excluding carboxylic acids is 12. The summed E-state index contributed by atoms with van der Waals surface area (Å²) in [5.41, 5.74) is 5.31. The number of likely N-dealkylation sites (tertiary alicyclic amines) is 2. The van der Waals surface area contributed by atoms with Gasteiger partial charge in [-0.1, -0.05) is 20.3 Å². The number of aliphatic hydroxyl groups is 9. The molecule has 4 aliphatic heterocycles. The maximum Gasteiger partial charge on any atom is 0.303 e. The van der Waals surface area contributed by atoms with Crippen LogP contribution in [0.1, 0.15) is 114 Å². The zero-order valence-electron chi connectivity index (χ0n) is 56.1. The molecule has 0 aliphatic carbocycles. The fourth-order valence-corrected chi connectivity index (χ4v) is 11.6. The minimum Gasteiger partial charge on any atom is -0.481 e. The molecule has 4 aliphatic rings. The van der Waals surface area contributed by atoms with E-state index in [9.17, 15) is 109 Å². The van der Waals surface area contributed by atoms with Crippen LogP contribution in [0.5, 0.6) is 0 Å². The molecular formula is C59H98N12O27. The molecule has 0 bridgehead atoms. The minimum atomic E-state index is -2.20. The second-order valence-electron chi connectivity index (χ2n) is 25.1. The van der Waals surface area contributed by atoms with Gasteiger partial charge in [-0.15, -0.1) is 0 Å². The van der Waals surface area contributed by atoms with Crippen molar-refractivity contribution < 1.29 is 132 Å². The molecule has 0 aromatic carbocycles. The van der Waals surface area contributed by atoms with Crippen LogP contribution in [0, 0.1) is 5.92 Å². The number of primary amides is 1. The van der Waals surface area contributed by atoms with Crippen LogP contribution in [-0.2, 0) is 81.3 Å². The van der Waals surface area contributed by atoms with E-state index in [0.717, 1.165) is 65.2 Å². The van der Waals surface area contributed by atoms with Crippen molar-refractivity contribution in [3.63, 3.8) is 0 Å². The molecule has 4 fully saturated rings. The first-order valence-corrected chi connectivity index (χ1v) is 32.2. The molecule has 0 saturated carbocycles. The Morgan fingerprint density at radius 3 is 1.41 bits per heavy atom. The van der Waals surface area contributed by atoms with E-state index in [0.29, 0.717) is 0 Å². The van der Waals surface area contributed by atoms with Gasteiger partial charge in [0, 0.05) is 40.3 Å². The number of carboxylic acids is 1. The molecule has 4 saturated heterocycles. The van der Waals surface area contributed by atoms with Crippen LogP contribution in [0.15, 0.2) is 0 Å². The highest BCUT2D eigenvalue weighted by atomic mass is 16.7. The lowest BCUT2D eigenvalue weighted by molar-refractivity contribution is -0.308. The third-order valence-corrected chi connectivity index (χ3v) is 17.2. The highest BCUT2D eigenvalue weighted by Crippen LogP contribution is 2.29. The van der Waals surface area contributed by atoms with Crippen molar-refractivity contribution in [2.45, 2.75) is 260 Å². The fraction of sp³-hybridized carbons (Fsp3) is 0.780. The maximum atomic E-state index is 15.1. The highest BCUT2D eigenvalue weighted by molar-refractivity contribution is 5.99. The predicted octanol–water partition coefficient (Wildman–Crippen LogP) is -10.4. The molecule has 0 spiro atoms. The number of nitrogens with zero attached hydrogens (tertiary/aromatic N) is 2. The normalized spacial score (nSPS) is 27.9. The van der Waals surface area contributed by atoms with Crippen molar-refractivity contribution in [3.05, 3.63) is 0 Å². The average molecular weight is 1410 g/mol. The van der Waals surface area contributed by atoms with Gasteiger partial charge < -0.3 is 133 Å². The standard InChI is InChI=1S/C59H98N12O27/c1-11-22(2)37(52(89)67-40(25(5)75)53(90)65-38(23(3)73)49(60)86)64-50(87)33-15-13-19-71(33)57(94)41(26(6)76)68-55(92)42(69-54(91)39(24(4)74)66-51(88)32-14-12-18-70(32)56(93)31(61-28(8)77)16-17-36(80)81)27(7)96-59-44(63-30(10)79)48(85)46(83)35(98-59)21-95-58-43(62-29(9)78)47(84)45(82)34(20-72)97-58/h22-27,31-35,37-48,58-59,72-76,82-85H,11-21H2,1-10H3,(H2,60,86)(H,61,77)(H,62,78)(H,63,79)(H,64,87)(H,65,90)(H,66,88)(H,67,89)(H,68,92)(H,69,91)(H,80,81)/t22-,23+,24+,25+,26+,27+,31-,32-,33-,34+,35+,37-,38-,39-,40-,41-,42-,43+,44+,45-,46-,47+,48+,58+,59-/m0/s1. The number of ether oxygens (including phenoxy) is 4. The quantitative estimate of drug-likeness (QED) is 0.0284. The number of nitrogens with one attached hydrogen (secondary N) is 9. The summed E-state index contributed by atoms with van der Waals surface area (Å²) >= 11 is 0. The Hall–Kier alpha value is -7.41. The van der Waals surface area contributed by atoms with Gasteiger partial charge in [-0.3, -0.25) is 62.3 Å². The smallest absolute Gasteiger partial charge is 0.303 e. The molecule has 0 aromatic rings. The Labute approximate surface area is 563 Å². The van der Waals surface area contributed by atoms with Gasteiger partial charge in [0.25, 0.3) is 0 Å². The van der Waals surface area contributed by atoms with Crippen molar-refractivity contribution >= 4 is 76.9 Å². The lowest BCUT2D eigenvalue weighted by atomic mass is 9.96. The minimum absolute atomic E-state index is 0.0332. The van der Waals surface area contributed by atoms with E-state index in [-0.39, 0.29) is 51.6 Å². The summed E-state index contributed by atoms with van der Waals surface area (Å²) in [6.07, 6.45) is -23.6. The molecule has 0 aromatic heterocycles. The summed E-state index contributed by atoms with van der Waals surface area (Å²) in [4.78, 5) is 177. The van der Waals surface area contributed by atoms with Crippen LogP contribution in [0.2, 0.25) is 0 Å². The largest absolute Gasteiger partial charge is 0.481 e. The van der Waals surface area contributed by atoms with E-state index < -0.39 is 249 Å².